The summed E-state index contributed by atoms with van der Waals surface area (Å²) in [6, 6.07) is 0. The van der Waals surface area contributed by atoms with Crippen LogP contribution in [0.1, 0.15) is 6.92 Å². The highest BCUT2D eigenvalue weighted by Crippen LogP contribution is 1.94. The number of aromatic nitrogens is 3. The zero-order valence-corrected chi connectivity index (χ0v) is 6.10. The molecule has 0 fully saturated rings. The first kappa shape index (κ1) is 7.52. The zero-order valence-electron chi connectivity index (χ0n) is 6.10. The van der Waals surface area contributed by atoms with Gasteiger partial charge in [0.25, 0.3) is 0 Å². The second kappa shape index (κ2) is 3.00. The van der Waals surface area contributed by atoms with Gasteiger partial charge in [0.05, 0.1) is 12.3 Å². The van der Waals surface area contributed by atoms with E-state index in [-0.39, 0.29) is 0 Å². The molecule has 1 heterocycles. The van der Waals surface area contributed by atoms with E-state index < -0.39 is 0 Å². The third-order valence-corrected chi connectivity index (χ3v) is 1.19. The van der Waals surface area contributed by atoms with Gasteiger partial charge in [0, 0.05) is 0 Å². The highest BCUT2D eigenvalue weighted by Gasteiger charge is 1.99. The molecule has 6 nitrogen and oxygen atoms in total. The summed E-state index contributed by atoms with van der Waals surface area (Å²) in [6.45, 7) is 2.03. The monoisotopic (exact) mass is 155 g/mol. The standard InChI is InChI=1S/C5H9N5O/c1-4(9-11)2-10-5(6)7-3-8-10/h3,11H,2H2,1H3,(H2,6,7,8)/b9-4+. The first-order valence-electron chi connectivity index (χ1n) is 3.05. The second-order valence-corrected chi connectivity index (χ2v) is 2.11. The van der Waals surface area contributed by atoms with E-state index in [9.17, 15) is 0 Å². The van der Waals surface area contributed by atoms with Crippen LogP contribution in [0.5, 0.6) is 0 Å². The summed E-state index contributed by atoms with van der Waals surface area (Å²) in [5.41, 5.74) is 5.93. The fourth-order valence-corrected chi connectivity index (χ4v) is 0.643. The maximum Gasteiger partial charge on any atom is 0.218 e. The molecule has 0 spiro atoms. The van der Waals surface area contributed by atoms with Gasteiger partial charge < -0.3 is 10.9 Å². The molecule has 0 aliphatic heterocycles. The van der Waals surface area contributed by atoms with Crippen LogP contribution in [0.25, 0.3) is 0 Å². The van der Waals surface area contributed by atoms with E-state index in [1.807, 2.05) is 0 Å². The predicted molar refractivity (Wildman–Crippen MR) is 39.3 cm³/mol. The van der Waals surface area contributed by atoms with Gasteiger partial charge in [-0.3, -0.25) is 0 Å². The number of hydrogen-bond acceptors (Lipinski definition) is 5. The first-order valence-corrected chi connectivity index (χ1v) is 3.05. The average molecular weight is 155 g/mol. The lowest BCUT2D eigenvalue weighted by Gasteiger charge is -1.98. The van der Waals surface area contributed by atoms with Gasteiger partial charge in [-0.15, -0.1) is 0 Å². The average Bonchev–Trinajstić information content (AvgIpc) is 2.37. The van der Waals surface area contributed by atoms with Gasteiger partial charge in [0.15, 0.2) is 0 Å². The minimum absolute atomic E-state index is 0.313. The lowest BCUT2D eigenvalue weighted by atomic mass is 10.4. The van der Waals surface area contributed by atoms with Gasteiger partial charge in [-0.25, -0.2) is 9.67 Å². The highest BCUT2D eigenvalue weighted by atomic mass is 16.4. The van der Waals surface area contributed by atoms with E-state index in [1.54, 1.807) is 6.92 Å². The predicted octanol–water partition coefficient (Wildman–Crippen LogP) is -0.290. The Morgan fingerprint density at radius 2 is 2.64 bits per heavy atom. The number of anilines is 1. The van der Waals surface area contributed by atoms with Gasteiger partial charge in [0.1, 0.15) is 6.33 Å². The lowest BCUT2D eigenvalue weighted by Crippen LogP contribution is -2.11. The van der Waals surface area contributed by atoms with Gasteiger partial charge in [-0.1, -0.05) is 5.16 Å². The number of nitrogen functional groups attached to an aromatic ring is 1. The molecule has 0 atom stereocenters. The van der Waals surface area contributed by atoms with Crippen LogP contribution in [-0.2, 0) is 6.54 Å². The second-order valence-electron chi connectivity index (χ2n) is 2.11. The summed E-state index contributed by atoms with van der Waals surface area (Å²) in [7, 11) is 0. The molecule has 0 aliphatic rings. The largest absolute Gasteiger partial charge is 0.411 e. The molecule has 0 aliphatic carbocycles. The molecule has 0 saturated heterocycles. The minimum Gasteiger partial charge on any atom is -0.411 e. The van der Waals surface area contributed by atoms with Crippen molar-refractivity contribution < 1.29 is 5.21 Å². The molecule has 1 aromatic rings. The molecule has 11 heavy (non-hydrogen) atoms. The smallest absolute Gasteiger partial charge is 0.218 e. The number of rotatable bonds is 2. The van der Waals surface area contributed by atoms with Gasteiger partial charge in [-0.2, -0.15) is 5.10 Å². The maximum atomic E-state index is 8.31. The number of nitrogens with two attached hydrogens (primary N) is 1. The van der Waals surface area contributed by atoms with E-state index in [0.29, 0.717) is 18.2 Å². The Morgan fingerprint density at radius 1 is 1.91 bits per heavy atom. The summed E-state index contributed by atoms with van der Waals surface area (Å²) < 4.78 is 1.44. The SMILES string of the molecule is C/C(Cn1ncnc1N)=N\O. The van der Waals surface area contributed by atoms with E-state index in [4.69, 9.17) is 10.9 Å². The van der Waals surface area contributed by atoms with Crippen LogP contribution in [0.15, 0.2) is 11.5 Å². The molecular weight excluding hydrogens is 146 g/mol. The van der Waals surface area contributed by atoms with Crippen molar-refractivity contribution in [3.05, 3.63) is 6.33 Å². The molecule has 0 radical (unpaired) electrons. The number of nitrogens with zero attached hydrogens (tertiary/aromatic N) is 4. The van der Waals surface area contributed by atoms with Crippen LogP contribution in [0.2, 0.25) is 0 Å². The van der Waals surface area contributed by atoms with Crippen molar-refractivity contribution in [3.63, 3.8) is 0 Å². The van der Waals surface area contributed by atoms with Crippen LogP contribution >= 0.6 is 0 Å². The van der Waals surface area contributed by atoms with E-state index in [2.05, 4.69) is 15.2 Å². The number of hydrogen-bond donors (Lipinski definition) is 2. The molecule has 0 saturated carbocycles. The number of oxime groups is 1. The van der Waals surface area contributed by atoms with Crippen molar-refractivity contribution in [2.75, 3.05) is 5.73 Å². The topological polar surface area (TPSA) is 89.3 Å². The molecule has 0 unspecified atom stereocenters. The molecule has 1 rings (SSSR count). The molecule has 0 bridgehead atoms. The molecule has 0 aromatic carbocycles. The van der Waals surface area contributed by atoms with Crippen LogP contribution < -0.4 is 5.73 Å². The van der Waals surface area contributed by atoms with Crippen LogP contribution in [0.4, 0.5) is 5.95 Å². The maximum absolute atomic E-state index is 8.31. The van der Waals surface area contributed by atoms with Crippen molar-refractivity contribution in [1.29, 1.82) is 0 Å². The fraction of sp³-hybridized carbons (Fsp3) is 0.400. The Kier molecular flexibility index (Phi) is 2.05. The summed E-state index contributed by atoms with van der Waals surface area (Å²) in [6.07, 6.45) is 1.35. The quantitative estimate of drug-likeness (QED) is 0.349. The zero-order chi connectivity index (χ0) is 8.27. The third-order valence-electron chi connectivity index (χ3n) is 1.19. The summed E-state index contributed by atoms with van der Waals surface area (Å²) >= 11 is 0. The fourth-order valence-electron chi connectivity index (χ4n) is 0.643. The van der Waals surface area contributed by atoms with Crippen LogP contribution in [-0.4, -0.2) is 25.7 Å². The Labute approximate surface area is 63.3 Å². The van der Waals surface area contributed by atoms with Crippen LogP contribution in [0, 0.1) is 0 Å². The lowest BCUT2D eigenvalue weighted by molar-refractivity contribution is 0.316. The molecule has 3 N–H and O–H groups in total. The van der Waals surface area contributed by atoms with Crippen molar-refractivity contribution in [3.8, 4) is 0 Å². The Balaban J connectivity index is 2.72. The van der Waals surface area contributed by atoms with Crippen molar-refractivity contribution in [2.45, 2.75) is 13.5 Å². The summed E-state index contributed by atoms with van der Waals surface area (Å²) in [5, 5.41) is 15.1. The summed E-state index contributed by atoms with van der Waals surface area (Å²) in [5.74, 6) is 0.313. The van der Waals surface area contributed by atoms with Crippen molar-refractivity contribution >= 4 is 11.7 Å². The van der Waals surface area contributed by atoms with Gasteiger partial charge in [-0.05, 0) is 6.92 Å². The normalized spacial score (nSPS) is 11.9. The molecular formula is C5H9N5O. The Morgan fingerprint density at radius 3 is 3.09 bits per heavy atom. The molecule has 60 valence electrons. The third kappa shape index (κ3) is 1.66. The molecule has 6 heteroatoms. The minimum atomic E-state index is 0.313. The van der Waals surface area contributed by atoms with Gasteiger partial charge in [0.2, 0.25) is 5.95 Å². The molecule has 1 aromatic heterocycles. The molecule has 0 amide bonds. The highest BCUT2D eigenvalue weighted by molar-refractivity contribution is 5.81. The Bertz CT molecular complexity index is 266. The van der Waals surface area contributed by atoms with E-state index >= 15 is 0 Å². The van der Waals surface area contributed by atoms with E-state index in [1.165, 1.54) is 11.0 Å². The van der Waals surface area contributed by atoms with Crippen molar-refractivity contribution in [1.82, 2.24) is 14.8 Å². The van der Waals surface area contributed by atoms with Crippen LogP contribution in [0.3, 0.4) is 0 Å². The first-order chi connectivity index (χ1) is 5.24. The Hall–Kier alpha value is -1.59. The van der Waals surface area contributed by atoms with Gasteiger partial charge >= 0.3 is 0 Å². The van der Waals surface area contributed by atoms with Crippen molar-refractivity contribution in [2.24, 2.45) is 5.16 Å². The van der Waals surface area contributed by atoms with E-state index in [0.717, 1.165) is 0 Å². The summed E-state index contributed by atoms with van der Waals surface area (Å²) in [4.78, 5) is 3.70.